The molecule has 0 saturated heterocycles. The minimum absolute atomic E-state index is 0.103. The van der Waals surface area contributed by atoms with Gasteiger partial charge >= 0.3 is 0 Å². The molecule has 0 atom stereocenters. The Bertz CT molecular complexity index is 586. The third kappa shape index (κ3) is 19.7. The molecule has 34 heavy (non-hydrogen) atoms. The number of carbonyl (C=O) groups excluding carboxylic acids is 1. The van der Waals surface area contributed by atoms with Crippen LogP contribution in [0.1, 0.15) is 13.8 Å². The van der Waals surface area contributed by atoms with E-state index < -0.39 is 0 Å². The van der Waals surface area contributed by atoms with Crippen molar-refractivity contribution < 1.29 is 42.7 Å². The molecule has 0 aliphatic carbocycles. The first kappa shape index (κ1) is 30.2. The van der Waals surface area contributed by atoms with Crippen LogP contribution in [0.25, 0.3) is 0 Å². The highest BCUT2D eigenvalue weighted by Crippen LogP contribution is 2.15. The SMILES string of the molecule is CCOCCOCCOCCOCCOCCOCCOCCOc1ccc(NC(C)=O)cc1. The van der Waals surface area contributed by atoms with E-state index in [0.29, 0.717) is 99.1 Å². The van der Waals surface area contributed by atoms with Crippen LogP contribution in [0, 0.1) is 0 Å². The highest BCUT2D eigenvalue weighted by Gasteiger charge is 1.98. The summed E-state index contributed by atoms with van der Waals surface area (Å²) in [5.74, 6) is 0.620. The Hall–Kier alpha value is -1.79. The van der Waals surface area contributed by atoms with E-state index in [-0.39, 0.29) is 5.91 Å². The molecule has 0 aliphatic rings. The molecule has 0 fully saturated rings. The van der Waals surface area contributed by atoms with Crippen LogP contribution in [0.5, 0.6) is 5.75 Å². The van der Waals surface area contributed by atoms with E-state index in [1.165, 1.54) is 6.92 Å². The van der Waals surface area contributed by atoms with Crippen molar-refractivity contribution in [3.8, 4) is 5.75 Å². The van der Waals surface area contributed by atoms with Crippen molar-refractivity contribution in [3.63, 3.8) is 0 Å². The average Bonchev–Trinajstić information content (AvgIpc) is 2.83. The lowest BCUT2D eigenvalue weighted by Crippen LogP contribution is -2.15. The van der Waals surface area contributed by atoms with Gasteiger partial charge in [0.1, 0.15) is 12.4 Å². The molecular formula is C24H41NO9. The highest BCUT2D eigenvalue weighted by atomic mass is 16.6. The Morgan fingerprint density at radius 1 is 0.588 bits per heavy atom. The lowest BCUT2D eigenvalue weighted by Gasteiger charge is -2.09. The van der Waals surface area contributed by atoms with E-state index in [9.17, 15) is 4.79 Å². The van der Waals surface area contributed by atoms with E-state index in [1.807, 2.05) is 6.92 Å². The lowest BCUT2D eigenvalue weighted by atomic mass is 10.3. The second kappa shape index (κ2) is 23.0. The van der Waals surface area contributed by atoms with Crippen LogP contribution >= 0.6 is 0 Å². The third-order valence-corrected chi connectivity index (χ3v) is 4.11. The van der Waals surface area contributed by atoms with Crippen molar-refractivity contribution in [2.24, 2.45) is 0 Å². The van der Waals surface area contributed by atoms with E-state index in [2.05, 4.69) is 5.32 Å². The van der Waals surface area contributed by atoms with E-state index in [1.54, 1.807) is 24.3 Å². The van der Waals surface area contributed by atoms with Crippen LogP contribution < -0.4 is 10.1 Å². The first-order chi connectivity index (χ1) is 16.7. The van der Waals surface area contributed by atoms with Gasteiger partial charge in [-0.3, -0.25) is 4.79 Å². The number of carbonyl (C=O) groups is 1. The van der Waals surface area contributed by atoms with Crippen molar-refractivity contribution in [2.75, 3.05) is 104 Å². The molecule has 1 amide bonds. The number of rotatable bonds is 24. The molecule has 0 radical (unpaired) electrons. The molecule has 1 N–H and O–H groups in total. The van der Waals surface area contributed by atoms with Crippen LogP contribution in [-0.2, 0) is 38.0 Å². The molecule has 10 nitrogen and oxygen atoms in total. The van der Waals surface area contributed by atoms with Gasteiger partial charge in [-0.2, -0.15) is 0 Å². The summed E-state index contributed by atoms with van der Waals surface area (Å²) in [6.07, 6.45) is 0. The zero-order valence-electron chi connectivity index (χ0n) is 20.6. The Morgan fingerprint density at radius 2 is 0.941 bits per heavy atom. The number of hydrogen-bond acceptors (Lipinski definition) is 9. The van der Waals surface area contributed by atoms with Gasteiger partial charge in [0.15, 0.2) is 0 Å². The van der Waals surface area contributed by atoms with Crippen molar-refractivity contribution in [1.29, 1.82) is 0 Å². The zero-order chi connectivity index (χ0) is 24.5. The topological polar surface area (TPSA) is 103 Å². The quantitative estimate of drug-likeness (QED) is 0.220. The monoisotopic (exact) mass is 487 g/mol. The fourth-order valence-corrected chi connectivity index (χ4v) is 2.52. The Balaban J connectivity index is 1.74. The fraction of sp³-hybridized carbons (Fsp3) is 0.708. The normalized spacial score (nSPS) is 11.0. The summed E-state index contributed by atoms with van der Waals surface area (Å²) in [5.41, 5.74) is 0.737. The van der Waals surface area contributed by atoms with Gasteiger partial charge in [0, 0.05) is 19.2 Å². The standard InChI is InChI=1S/C24H41NO9/c1-3-27-8-9-28-10-11-29-12-13-30-14-15-31-16-17-32-18-19-33-20-21-34-24-6-4-23(5-7-24)25-22(2)26/h4-7H,3,8-21H2,1-2H3,(H,25,26). The molecule has 0 saturated carbocycles. The maximum atomic E-state index is 11.0. The Kier molecular flexibility index (Phi) is 20.4. The maximum absolute atomic E-state index is 11.0. The summed E-state index contributed by atoms with van der Waals surface area (Å²) in [6.45, 7) is 11.5. The second-order valence-corrected chi connectivity index (χ2v) is 6.93. The smallest absolute Gasteiger partial charge is 0.221 e. The average molecular weight is 488 g/mol. The molecule has 10 heteroatoms. The van der Waals surface area contributed by atoms with Crippen LogP contribution in [-0.4, -0.2) is 105 Å². The van der Waals surface area contributed by atoms with E-state index in [0.717, 1.165) is 11.4 Å². The molecule has 0 aromatic heterocycles. The van der Waals surface area contributed by atoms with Gasteiger partial charge in [-0.05, 0) is 31.2 Å². The summed E-state index contributed by atoms with van der Waals surface area (Å²) in [5, 5.41) is 2.71. The Morgan fingerprint density at radius 3 is 1.29 bits per heavy atom. The first-order valence-electron chi connectivity index (χ1n) is 11.8. The van der Waals surface area contributed by atoms with Crippen molar-refractivity contribution in [3.05, 3.63) is 24.3 Å². The number of benzene rings is 1. The van der Waals surface area contributed by atoms with Gasteiger partial charge in [-0.1, -0.05) is 0 Å². The predicted octanol–water partition coefficient (Wildman–Crippen LogP) is 2.16. The minimum atomic E-state index is -0.103. The van der Waals surface area contributed by atoms with Crippen LogP contribution in [0.3, 0.4) is 0 Å². The molecule has 1 rings (SSSR count). The van der Waals surface area contributed by atoms with Crippen LogP contribution in [0.15, 0.2) is 24.3 Å². The molecule has 196 valence electrons. The van der Waals surface area contributed by atoms with Gasteiger partial charge in [-0.25, -0.2) is 0 Å². The molecule has 0 aliphatic heterocycles. The minimum Gasteiger partial charge on any atom is -0.491 e. The molecule has 0 heterocycles. The van der Waals surface area contributed by atoms with Gasteiger partial charge < -0.3 is 43.2 Å². The van der Waals surface area contributed by atoms with Crippen molar-refractivity contribution in [2.45, 2.75) is 13.8 Å². The second-order valence-electron chi connectivity index (χ2n) is 6.93. The number of amides is 1. The lowest BCUT2D eigenvalue weighted by molar-refractivity contribution is -0.114. The van der Waals surface area contributed by atoms with E-state index in [4.69, 9.17) is 37.9 Å². The van der Waals surface area contributed by atoms with Crippen LogP contribution in [0.2, 0.25) is 0 Å². The van der Waals surface area contributed by atoms with E-state index >= 15 is 0 Å². The summed E-state index contributed by atoms with van der Waals surface area (Å²) >= 11 is 0. The predicted molar refractivity (Wildman–Crippen MR) is 128 cm³/mol. The van der Waals surface area contributed by atoms with Crippen molar-refractivity contribution in [1.82, 2.24) is 0 Å². The summed E-state index contributed by atoms with van der Waals surface area (Å²) < 4.78 is 43.3. The number of hydrogen-bond donors (Lipinski definition) is 1. The third-order valence-electron chi connectivity index (χ3n) is 4.11. The highest BCUT2D eigenvalue weighted by molar-refractivity contribution is 5.88. The van der Waals surface area contributed by atoms with Gasteiger partial charge in [0.2, 0.25) is 5.91 Å². The fourth-order valence-electron chi connectivity index (χ4n) is 2.52. The van der Waals surface area contributed by atoms with Crippen LogP contribution in [0.4, 0.5) is 5.69 Å². The summed E-state index contributed by atoms with van der Waals surface area (Å²) in [4.78, 5) is 11.0. The molecule has 0 unspecified atom stereocenters. The first-order valence-corrected chi connectivity index (χ1v) is 11.8. The maximum Gasteiger partial charge on any atom is 0.221 e. The molecular weight excluding hydrogens is 446 g/mol. The summed E-state index contributed by atoms with van der Waals surface area (Å²) in [7, 11) is 0. The summed E-state index contributed by atoms with van der Waals surface area (Å²) in [6, 6.07) is 7.18. The largest absolute Gasteiger partial charge is 0.491 e. The van der Waals surface area contributed by atoms with Gasteiger partial charge in [-0.15, -0.1) is 0 Å². The van der Waals surface area contributed by atoms with Crippen molar-refractivity contribution >= 4 is 11.6 Å². The van der Waals surface area contributed by atoms with Gasteiger partial charge in [0.05, 0.1) is 85.9 Å². The van der Waals surface area contributed by atoms with Gasteiger partial charge in [0.25, 0.3) is 0 Å². The molecule has 1 aromatic carbocycles. The molecule has 0 spiro atoms. The number of anilines is 1. The number of nitrogens with one attached hydrogen (secondary N) is 1. The molecule has 1 aromatic rings. The molecule has 0 bridgehead atoms. The zero-order valence-corrected chi connectivity index (χ0v) is 20.6. The number of ether oxygens (including phenoxy) is 8. The Labute approximate surface area is 203 Å².